The van der Waals surface area contributed by atoms with E-state index in [9.17, 15) is 4.79 Å². The molecule has 6 nitrogen and oxygen atoms in total. The molecule has 0 aliphatic rings. The fourth-order valence-electron chi connectivity index (χ4n) is 3.02. The Labute approximate surface area is 167 Å². The number of rotatable bonds is 20. The second kappa shape index (κ2) is 21.0. The highest BCUT2D eigenvalue weighted by molar-refractivity contribution is 5.76. The molecule has 27 heavy (non-hydrogen) atoms. The molecule has 0 rings (SSSR count). The van der Waals surface area contributed by atoms with E-state index in [2.05, 4.69) is 22.5 Å². The summed E-state index contributed by atoms with van der Waals surface area (Å²) in [4.78, 5) is 15.7. The molecule has 0 radical (unpaired) electrons. The minimum atomic E-state index is 0.149. The normalized spacial score (nSPS) is 10.7. The largest absolute Gasteiger partial charge is 0.370 e. The van der Waals surface area contributed by atoms with E-state index < -0.39 is 0 Å². The molecule has 0 aromatic rings. The average Bonchev–Trinajstić information content (AvgIpc) is 2.64. The first-order chi connectivity index (χ1) is 13.2. The molecular weight excluding hydrogens is 338 g/mol. The molecule has 0 aromatic carbocycles. The predicted molar refractivity (Wildman–Crippen MR) is 117 cm³/mol. The van der Waals surface area contributed by atoms with Gasteiger partial charge in [-0.25, -0.2) is 0 Å². The van der Waals surface area contributed by atoms with Crippen LogP contribution in [0.3, 0.4) is 0 Å². The Balaban J connectivity index is 3.19. The second-order valence-electron chi connectivity index (χ2n) is 7.40. The Bertz CT molecular complexity index is 356. The standard InChI is InChI=1S/C21H45N5O/c1-2-3-4-5-6-7-8-9-10-11-12-15-20(27)25-18-13-16-24-17-14-19-26-21(22)23/h24H,2-19H2,1H3,(H,25,27)(H4,22,23,26). The molecule has 6 N–H and O–H groups in total. The molecule has 0 fully saturated rings. The molecule has 0 saturated heterocycles. The van der Waals surface area contributed by atoms with E-state index in [1.165, 1.54) is 64.2 Å². The van der Waals surface area contributed by atoms with Gasteiger partial charge in [0.1, 0.15) is 0 Å². The number of amides is 1. The van der Waals surface area contributed by atoms with Crippen molar-refractivity contribution in [3.05, 3.63) is 0 Å². The van der Waals surface area contributed by atoms with E-state index in [0.29, 0.717) is 13.0 Å². The highest BCUT2D eigenvalue weighted by Crippen LogP contribution is 2.11. The minimum Gasteiger partial charge on any atom is -0.370 e. The molecule has 0 unspecified atom stereocenters. The van der Waals surface area contributed by atoms with Crippen LogP contribution in [0.5, 0.6) is 0 Å². The van der Waals surface area contributed by atoms with Gasteiger partial charge in [0.25, 0.3) is 0 Å². The average molecular weight is 384 g/mol. The zero-order chi connectivity index (χ0) is 20.0. The Morgan fingerprint density at radius 1 is 0.741 bits per heavy atom. The lowest BCUT2D eigenvalue weighted by Gasteiger charge is -2.06. The number of guanidine groups is 1. The maximum atomic E-state index is 11.8. The highest BCUT2D eigenvalue weighted by atomic mass is 16.1. The zero-order valence-electron chi connectivity index (χ0n) is 17.7. The molecule has 0 bridgehead atoms. The first kappa shape index (κ1) is 25.7. The van der Waals surface area contributed by atoms with Crippen LogP contribution in [-0.2, 0) is 4.79 Å². The number of nitrogens with one attached hydrogen (secondary N) is 2. The zero-order valence-corrected chi connectivity index (χ0v) is 17.7. The van der Waals surface area contributed by atoms with Crippen molar-refractivity contribution in [2.45, 2.75) is 96.8 Å². The summed E-state index contributed by atoms with van der Waals surface area (Å²) in [6.45, 7) is 5.46. The van der Waals surface area contributed by atoms with Gasteiger partial charge in [0.15, 0.2) is 5.96 Å². The number of carbonyl (C=O) groups is 1. The molecule has 0 spiro atoms. The molecule has 0 atom stereocenters. The Morgan fingerprint density at radius 3 is 1.89 bits per heavy atom. The Kier molecular flexibility index (Phi) is 20.0. The van der Waals surface area contributed by atoms with Gasteiger partial charge >= 0.3 is 0 Å². The summed E-state index contributed by atoms with van der Waals surface area (Å²) in [5, 5.41) is 6.32. The van der Waals surface area contributed by atoms with Crippen LogP contribution in [0.2, 0.25) is 0 Å². The monoisotopic (exact) mass is 383 g/mol. The van der Waals surface area contributed by atoms with Gasteiger partial charge < -0.3 is 22.1 Å². The summed E-state index contributed by atoms with van der Waals surface area (Å²) in [6.07, 6.45) is 17.0. The second-order valence-corrected chi connectivity index (χ2v) is 7.40. The minimum absolute atomic E-state index is 0.149. The third-order valence-corrected chi connectivity index (χ3v) is 4.67. The molecule has 0 heterocycles. The van der Waals surface area contributed by atoms with Crippen molar-refractivity contribution in [2.75, 3.05) is 26.2 Å². The van der Waals surface area contributed by atoms with E-state index in [4.69, 9.17) is 11.5 Å². The van der Waals surface area contributed by atoms with Gasteiger partial charge in [-0.05, 0) is 32.4 Å². The van der Waals surface area contributed by atoms with Gasteiger partial charge in [-0.2, -0.15) is 0 Å². The molecule has 1 amide bonds. The lowest BCUT2D eigenvalue weighted by molar-refractivity contribution is -0.121. The van der Waals surface area contributed by atoms with Crippen molar-refractivity contribution in [3.63, 3.8) is 0 Å². The Hall–Kier alpha value is -1.30. The fourth-order valence-corrected chi connectivity index (χ4v) is 3.02. The summed E-state index contributed by atoms with van der Waals surface area (Å²) in [7, 11) is 0. The first-order valence-corrected chi connectivity index (χ1v) is 11.2. The molecule has 6 heteroatoms. The van der Waals surface area contributed by atoms with Crippen LogP contribution in [-0.4, -0.2) is 38.0 Å². The number of carbonyl (C=O) groups excluding carboxylic acids is 1. The van der Waals surface area contributed by atoms with Crippen LogP contribution in [0.4, 0.5) is 0 Å². The van der Waals surface area contributed by atoms with Crippen molar-refractivity contribution < 1.29 is 4.79 Å². The number of hydrogen-bond acceptors (Lipinski definition) is 3. The summed E-state index contributed by atoms with van der Waals surface area (Å²) in [6, 6.07) is 0. The Morgan fingerprint density at radius 2 is 1.30 bits per heavy atom. The van der Waals surface area contributed by atoms with Gasteiger partial charge in [0, 0.05) is 19.5 Å². The lowest BCUT2D eigenvalue weighted by atomic mass is 10.1. The van der Waals surface area contributed by atoms with Crippen molar-refractivity contribution in [2.24, 2.45) is 16.5 Å². The third kappa shape index (κ3) is 22.7. The fraction of sp³-hybridized carbons (Fsp3) is 0.905. The van der Waals surface area contributed by atoms with E-state index in [-0.39, 0.29) is 11.9 Å². The van der Waals surface area contributed by atoms with Crippen LogP contribution < -0.4 is 22.1 Å². The maximum absolute atomic E-state index is 11.8. The summed E-state index contributed by atoms with van der Waals surface area (Å²) in [5.74, 6) is 0.342. The number of nitrogens with zero attached hydrogens (tertiary/aromatic N) is 1. The van der Waals surface area contributed by atoms with Gasteiger partial charge in [0.2, 0.25) is 5.91 Å². The van der Waals surface area contributed by atoms with Crippen LogP contribution in [0.15, 0.2) is 4.99 Å². The van der Waals surface area contributed by atoms with Crippen LogP contribution in [0.1, 0.15) is 96.8 Å². The highest BCUT2D eigenvalue weighted by Gasteiger charge is 2.00. The van der Waals surface area contributed by atoms with Crippen molar-refractivity contribution >= 4 is 11.9 Å². The summed E-state index contributed by atoms with van der Waals surface area (Å²) in [5.41, 5.74) is 10.5. The predicted octanol–water partition coefficient (Wildman–Crippen LogP) is 3.45. The first-order valence-electron chi connectivity index (χ1n) is 11.2. The van der Waals surface area contributed by atoms with Crippen molar-refractivity contribution in [1.82, 2.24) is 10.6 Å². The molecule has 0 aliphatic carbocycles. The van der Waals surface area contributed by atoms with Crippen LogP contribution in [0.25, 0.3) is 0 Å². The lowest BCUT2D eigenvalue weighted by Crippen LogP contribution is -2.27. The number of nitrogens with two attached hydrogens (primary N) is 2. The maximum Gasteiger partial charge on any atom is 0.219 e. The SMILES string of the molecule is CCCCCCCCCCCCCC(=O)NCCCNCCCN=C(N)N. The van der Waals surface area contributed by atoms with Crippen molar-refractivity contribution in [1.29, 1.82) is 0 Å². The molecule has 0 aliphatic heterocycles. The molecule has 160 valence electrons. The van der Waals surface area contributed by atoms with E-state index in [0.717, 1.165) is 38.9 Å². The van der Waals surface area contributed by atoms with E-state index in [1.807, 2.05) is 0 Å². The smallest absolute Gasteiger partial charge is 0.219 e. The van der Waals surface area contributed by atoms with Crippen LogP contribution in [0, 0.1) is 0 Å². The number of hydrogen-bond donors (Lipinski definition) is 4. The van der Waals surface area contributed by atoms with Gasteiger partial charge in [-0.1, -0.05) is 71.1 Å². The van der Waals surface area contributed by atoms with Gasteiger partial charge in [-0.3, -0.25) is 9.79 Å². The van der Waals surface area contributed by atoms with Crippen molar-refractivity contribution in [3.8, 4) is 0 Å². The number of unbranched alkanes of at least 4 members (excludes halogenated alkanes) is 10. The quantitative estimate of drug-likeness (QED) is 0.147. The molecular formula is C21H45N5O. The van der Waals surface area contributed by atoms with Gasteiger partial charge in [0.05, 0.1) is 0 Å². The molecule has 0 aromatic heterocycles. The van der Waals surface area contributed by atoms with E-state index >= 15 is 0 Å². The van der Waals surface area contributed by atoms with Crippen LogP contribution >= 0.6 is 0 Å². The summed E-state index contributed by atoms with van der Waals surface area (Å²) >= 11 is 0. The third-order valence-electron chi connectivity index (χ3n) is 4.67. The molecule has 0 saturated carbocycles. The van der Waals surface area contributed by atoms with Gasteiger partial charge in [-0.15, -0.1) is 0 Å². The topological polar surface area (TPSA) is 106 Å². The number of aliphatic imine (C=N–C) groups is 1. The summed E-state index contributed by atoms with van der Waals surface area (Å²) < 4.78 is 0. The van der Waals surface area contributed by atoms with E-state index in [1.54, 1.807) is 0 Å².